The van der Waals surface area contributed by atoms with Gasteiger partial charge < -0.3 is 4.74 Å². The van der Waals surface area contributed by atoms with Gasteiger partial charge in [-0.3, -0.25) is 13.8 Å². The topological polar surface area (TPSA) is 69.6 Å². The average molecular weight is 761 g/mol. The van der Waals surface area contributed by atoms with Crippen molar-refractivity contribution in [2.45, 2.75) is 27.7 Å². The summed E-state index contributed by atoms with van der Waals surface area (Å²) in [5.41, 5.74) is 18.3. The van der Waals surface area contributed by atoms with E-state index < -0.39 is 0 Å². The Bertz CT molecular complexity index is 3720. The fraction of sp³-hybridized carbons (Fsp3) is 0.0769. The highest BCUT2D eigenvalue weighted by Gasteiger charge is 2.22. The summed E-state index contributed by atoms with van der Waals surface area (Å²) in [6.07, 6.45) is 3.47. The fourth-order valence-electron chi connectivity index (χ4n) is 9.56. The number of rotatable bonds is 4. The van der Waals surface area contributed by atoms with E-state index in [0.717, 1.165) is 82.7 Å². The van der Waals surface area contributed by atoms with Gasteiger partial charge in [-0.05, 0) is 150 Å². The molecule has 0 atom stereocenters. The average Bonchev–Trinajstić information content (AvgIpc) is 3.84. The number of ether oxygens (including phenoxy) is 1. The van der Waals surface area contributed by atoms with Crippen molar-refractivity contribution in [3.05, 3.63) is 168 Å². The maximum atomic E-state index is 6.78. The summed E-state index contributed by atoms with van der Waals surface area (Å²) in [4.78, 5) is 19.9. The van der Waals surface area contributed by atoms with Gasteiger partial charge in [0.2, 0.25) is 0 Å². The van der Waals surface area contributed by atoms with Gasteiger partial charge in [0.15, 0.2) is 5.65 Å². The monoisotopic (exact) mass is 760 g/mol. The Labute approximate surface area is 338 Å². The molecule has 0 aliphatic heterocycles. The molecule has 280 valence electrons. The number of hydrogen-bond donors (Lipinski definition) is 0. The summed E-state index contributed by atoms with van der Waals surface area (Å²) >= 11 is 0. The molecule has 0 aliphatic rings. The highest BCUT2D eigenvalue weighted by Crippen LogP contribution is 2.44. The zero-order valence-corrected chi connectivity index (χ0v) is 32.9. The first-order valence-corrected chi connectivity index (χ1v) is 20.0. The van der Waals surface area contributed by atoms with Crippen LogP contribution >= 0.6 is 0 Å². The molecule has 7 nitrogen and oxygen atoms in total. The maximum absolute atomic E-state index is 6.78. The number of imidazole rings is 2. The molecule has 12 rings (SSSR count). The molecule has 5 heterocycles. The molecule has 0 amide bonds. The van der Waals surface area contributed by atoms with Crippen molar-refractivity contribution >= 4 is 77.0 Å². The third-order valence-corrected chi connectivity index (χ3v) is 12.1. The van der Waals surface area contributed by atoms with Crippen LogP contribution in [-0.4, -0.2) is 28.7 Å². The molecule has 0 spiro atoms. The minimum Gasteiger partial charge on any atom is -0.457 e. The van der Waals surface area contributed by atoms with Gasteiger partial charge in [-0.25, -0.2) is 15.0 Å². The highest BCUT2D eigenvalue weighted by molar-refractivity contribution is 6.17. The molecule has 7 aromatic carbocycles. The summed E-state index contributed by atoms with van der Waals surface area (Å²) in [5.74, 6) is 1.42. The third kappa shape index (κ3) is 4.88. The second kappa shape index (κ2) is 12.4. The highest BCUT2D eigenvalue weighted by atomic mass is 16.5. The van der Waals surface area contributed by atoms with Crippen LogP contribution < -0.4 is 4.74 Å². The van der Waals surface area contributed by atoms with Gasteiger partial charge in [-0.2, -0.15) is 0 Å². The molecule has 0 saturated heterocycles. The van der Waals surface area contributed by atoms with Crippen LogP contribution in [0.25, 0.3) is 99.2 Å². The van der Waals surface area contributed by atoms with Crippen LogP contribution in [0.2, 0.25) is 0 Å². The standard InChI is InChI=1S/C52H36N6O/c1-29-11-9-12-30(2)47(29)38-27-37-35-21-19-33(59-34-20-22-36-41(26-34)51-56-43-16-6-8-18-45(43)58(51)52-49(36)53-23-24-54-52)25-40(35)50-55-42-15-5-7-17-44(42)57(50)46(37)28-39(38)48-31(3)13-10-14-32(48)4/h5-28H,1-4H3. The summed E-state index contributed by atoms with van der Waals surface area (Å²) < 4.78 is 11.2. The number of nitrogens with zero attached hydrogens (tertiary/aromatic N) is 6. The van der Waals surface area contributed by atoms with Gasteiger partial charge in [-0.15, -0.1) is 0 Å². The van der Waals surface area contributed by atoms with E-state index in [0.29, 0.717) is 5.75 Å². The van der Waals surface area contributed by atoms with E-state index in [1.807, 2.05) is 24.3 Å². The van der Waals surface area contributed by atoms with E-state index in [1.165, 1.54) is 44.5 Å². The lowest BCUT2D eigenvalue weighted by Gasteiger charge is -2.21. The molecule has 12 aromatic rings. The van der Waals surface area contributed by atoms with E-state index in [-0.39, 0.29) is 0 Å². The molecule has 0 bridgehead atoms. The van der Waals surface area contributed by atoms with Gasteiger partial charge in [0.05, 0.1) is 27.6 Å². The van der Waals surface area contributed by atoms with Crippen LogP contribution in [0.1, 0.15) is 22.3 Å². The molecule has 5 aromatic heterocycles. The van der Waals surface area contributed by atoms with Crippen LogP contribution in [0.15, 0.2) is 146 Å². The quantitative estimate of drug-likeness (QED) is 0.167. The molecule has 59 heavy (non-hydrogen) atoms. The Balaban J connectivity index is 1.11. The second-order valence-corrected chi connectivity index (χ2v) is 15.7. The Hall–Kier alpha value is -7.64. The first kappa shape index (κ1) is 33.5. The van der Waals surface area contributed by atoms with Crippen LogP contribution in [-0.2, 0) is 0 Å². The van der Waals surface area contributed by atoms with Crippen molar-refractivity contribution in [1.29, 1.82) is 0 Å². The molecular weight excluding hydrogens is 725 g/mol. The fourth-order valence-corrected chi connectivity index (χ4v) is 9.56. The molecule has 7 heteroatoms. The maximum Gasteiger partial charge on any atom is 0.165 e. The van der Waals surface area contributed by atoms with Crippen LogP contribution in [0.4, 0.5) is 0 Å². The minimum atomic E-state index is 0.704. The van der Waals surface area contributed by atoms with E-state index >= 15 is 0 Å². The van der Waals surface area contributed by atoms with Crippen molar-refractivity contribution in [2.75, 3.05) is 0 Å². The van der Waals surface area contributed by atoms with Crippen LogP contribution in [0.5, 0.6) is 11.5 Å². The number of fused-ring (bicyclic) bond motifs is 16. The Morgan fingerprint density at radius 2 is 0.932 bits per heavy atom. The van der Waals surface area contributed by atoms with Crippen molar-refractivity contribution in [3.8, 4) is 33.8 Å². The van der Waals surface area contributed by atoms with Gasteiger partial charge >= 0.3 is 0 Å². The second-order valence-electron chi connectivity index (χ2n) is 15.7. The van der Waals surface area contributed by atoms with Gasteiger partial charge in [0, 0.05) is 33.9 Å². The van der Waals surface area contributed by atoms with E-state index in [4.69, 9.17) is 24.7 Å². The molecular formula is C52H36N6O. The summed E-state index contributed by atoms with van der Waals surface area (Å²) in [5, 5.41) is 5.20. The Morgan fingerprint density at radius 3 is 1.58 bits per heavy atom. The molecule has 0 aliphatic carbocycles. The Morgan fingerprint density at radius 1 is 0.407 bits per heavy atom. The van der Waals surface area contributed by atoms with Crippen molar-refractivity contribution < 1.29 is 4.74 Å². The zero-order valence-electron chi connectivity index (χ0n) is 32.9. The van der Waals surface area contributed by atoms with E-state index in [1.54, 1.807) is 12.4 Å². The molecule has 0 unspecified atom stereocenters. The smallest absolute Gasteiger partial charge is 0.165 e. The first-order valence-electron chi connectivity index (χ1n) is 20.0. The number of aryl methyl sites for hydroxylation is 4. The summed E-state index contributed by atoms with van der Waals surface area (Å²) in [6, 6.07) is 47.1. The van der Waals surface area contributed by atoms with Gasteiger partial charge in [0.25, 0.3) is 0 Å². The number of pyridine rings is 2. The van der Waals surface area contributed by atoms with Crippen molar-refractivity contribution in [3.63, 3.8) is 0 Å². The van der Waals surface area contributed by atoms with E-state index in [9.17, 15) is 0 Å². The molecule has 0 radical (unpaired) electrons. The van der Waals surface area contributed by atoms with Gasteiger partial charge in [-0.1, -0.05) is 60.7 Å². The lowest BCUT2D eigenvalue weighted by Crippen LogP contribution is -1.98. The van der Waals surface area contributed by atoms with Crippen LogP contribution in [0, 0.1) is 27.7 Å². The summed E-state index contributed by atoms with van der Waals surface area (Å²) in [7, 11) is 0. The van der Waals surface area contributed by atoms with Gasteiger partial charge in [0.1, 0.15) is 28.3 Å². The lowest BCUT2D eigenvalue weighted by molar-refractivity contribution is 0.484. The lowest BCUT2D eigenvalue weighted by atomic mass is 9.85. The predicted octanol–water partition coefficient (Wildman–Crippen LogP) is 13.1. The third-order valence-electron chi connectivity index (χ3n) is 12.1. The van der Waals surface area contributed by atoms with Crippen molar-refractivity contribution in [1.82, 2.24) is 28.7 Å². The molecule has 0 saturated carbocycles. The molecule has 0 fully saturated rings. The zero-order chi connectivity index (χ0) is 39.5. The van der Waals surface area contributed by atoms with Crippen LogP contribution in [0.3, 0.4) is 0 Å². The molecule has 0 N–H and O–H groups in total. The number of benzene rings is 7. The number of para-hydroxylation sites is 4. The normalized spacial score (nSPS) is 12.1. The SMILES string of the molecule is Cc1cccc(C)c1-c1cc2c3ccc(Oc4ccc5c(c4)c4nc6ccccc6n4c4nccnc54)cc3c3nc4ccccc4n3c2cc1-c1c(C)cccc1C. The first-order chi connectivity index (χ1) is 28.9. The number of aromatic nitrogens is 6. The van der Waals surface area contributed by atoms with Crippen molar-refractivity contribution in [2.24, 2.45) is 0 Å². The summed E-state index contributed by atoms with van der Waals surface area (Å²) in [6.45, 7) is 8.88. The minimum absolute atomic E-state index is 0.704. The largest absolute Gasteiger partial charge is 0.457 e. The number of hydrogen-bond acceptors (Lipinski definition) is 5. The Kier molecular flexibility index (Phi) is 7.06. The van der Waals surface area contributed by atoms with E-state index in [2.05, 4.69) is 146 Å². The predicted molar refractivity (Wildman–Crippen MR) is 241 cm³/mol.